The first-order valence-electron chi connectivity index (χ1n) is 7.24. The molecule has 0 fully saturated rings. The van der Waals surface area contributed by atoms with Crippen LogP contribution in [0.1, 0.15) is 30.6 Å². The smallest absolute Gasteiger partial charge is 0.252 e. The second kappa shape index (κ2) is 8.47. The summed E-state index contributed by atoms with van der Waals surface area (Å²) < 4.78 is 0.745. The zero-order chi connectivity index (χ0) is 16.3. The summed E-state index contributed by atoms with van der Waals surface area (Å²) in [7, 11) is 0. The van der Waals surface area contributed by atoms with Crippen LogP contribution in [-0.2, 0) is 0 Å². The van der Waals surface area contributed by atoms with Crippen LogP contribution in [0.25, 0.3) is 10.9 Å². The first-order valence-corrected chi connectivity index (χ1v) is 8.04. The molecule has 23 heavy (non-hydrogen) atoms. The maximum Gasteiger partial charge on any atom is 0.252 e. The van der Waals surface area contributed by atoms with Crippen LogP contribution in [0.15, 0.2) is 33.5 Å². The normalized spacial score (nSPS) is 12.0. The number of nitrogens with one attached hydrogen (secondary N) is 2. The molecule has 126 valence electrons. The molecule has 1 atom stereocenters. The molecule has 7 heteroatoms. The Kier molecular flexibility index (Phi) is 7.25. The monoisotopic (exact) mass is 401 g/mol. The van der Waals surface area contributed by atoms with Gasteiger partial charge in [-0.05, 0) is 34.3 Å². The van der Waals surface area contributed by atoms with Crippen molar-refractivity contribution in [3.05, 3.63) is 44.7 Å². The van der Waals surface area contributed by atoms with E-state index in [1.165, 1.54) is 6.07 Å². The van der Waals surface area contributed by atoms with E-state index < -0.39 is 0 Å². The Labute approximate surface area is 149 Å². The minimum absolute atomic E-state index is 0. The Morgan fingerprint density at radius 1 is 1.39 bits per heavy atom. The molecule has 4 N–H and O–H groups in total. The molecular weight excluding hydrogens is 382 g/mol. The average Bonchev–Trinajstić information content (AvgIpc) is 2.46. The molecule has 1 aromatic carbocycles. The first-order chi connectivity index (χ1) is 10.4. The lowest BCUT2D eigenvalue weighted by Gasteiger charge is -2.19. The molecule has 1 amide bonds. The van der Waals surface area contributed by atoms with Gasteiger partial charge in [-0.2, -0.15) is 0 Å². The number of carbonyl (C=O) groups is 1. The third kappa shape index (κ3) is 4.80. The molecule has 0 saturated heterocycles. The summed E-state index contributed by atoms with van der Waals surface area (Å²) in [6, 6.07) is 6.68. The second-order valence-electron chi connectivity index (χ2n) is 5.75. The lowest BCUT2D eigenvalue weighted by atomic mass is 10.0. The lowest BCUT2D eigenvalue weighted by molar-refractivity contribution is 0.0935. The van der Waals surface area contributed by atoms with E-state index in [-0.39, 0.29) is 29.9 Å². The van der Waals surface area contributed by atoms with E-state index in [0.29, 0.717) is 28.9 Å². The first kappa shape index (κ1) is 19.7. The number of amides is 1. The molecule has 1 unspecified atom stereocenters. The van der Waals surface area contributed by atoms with Gasteiger partial charge in [0.2, 0.25) is 5.56 Å². The zero-order valence-electron chi connectivity index (χ0n) is 13.1. The van der Waals surface area contributed by atoms with Crippen molar-refractivity contribution < 1.29 is 4.79 Å². The Morgan fingerprint density at radius 3 is 2.70 bits per heavy atom. The molecule has 0 aliphatic rings. The van der Waals surface area contributed by atoms with Crippen molar-refractivity contribution in [2.24, 2.45) is 11.7 Å². The van der Waals surface area contributed by atoms with Crippen molar-refractivity contribution in [2.45, 2.75) is 26.3 Å². The van der Waals surface area contributed by atoms with Crippen molar-refractivity contribution in [1.29, 1.82) is 0 Å². The summed E-state index contributed by atoms with van der Waals surface area (Å²) in [5.74, 6) is 0.157. The van der Waals surface area contributed by atoms with Crippen molar-refractivity contribution in [3.8, 4) is 0 Å². The van der Waals surface area contributed by atoms with E-state index in [1.807, 2.05) is 18.2 Å². The van der Waals surface area contributed by atoms with Crippen LogP contribution in [0.2, 0.25) is 0 Å². The number of para-hydroxylation sites is 1. The number of halogens is 2. The number of rotatable bonds is 5. The minimum atomic E-state index is -0.308. The predicted octanol–water partition coefficient (Wildman–Crippen LogP) is 2.82. The molecule has 1 heterocycles. The molecule has 5 nitrogen and oxygen atoms in total. The van der Waals surface area contributed by atoms with Gasteiger partial charge in [-0.15, -0.1) is 12.4 Å². The van der Waals surface area contributed by atoms with E-state index in [0.717, 1.165) is 10.9 Å². The van der Waals surface area contributed by atoms with Crippen LogP contribution in [0, 0.1) is 5.92 Å². The van der Waals surface area contributed by atoms with Crippen molar-refractivity contribution in [2.75, 3.05) is 6.54 Å². The van der Waals surface area contributed by atoms with E-state index in [4.69, 9.17) is 5.73 Å². The molecule has 0 aliphatic heterocycles. The number of aromatic nitrogens is 1. The fraction of sp³-hybridized carbons (Fsp3) is 0.375. The average molecular weight is 403 g/mol. The number of nitrogens with two attached hydrogens (primary N) is 1. The third-order valence-corrected chi connectivity index (χ3v) is 4.11. The Balaban J connectivity index is 0.00000264. The number of pyridine rings is 1. The van der Waals surface area contributed by atoms with Gasteiger partial charge in [-0.25, -0.2) is 0 Å². The molecule has 0 spiro atoms. The maximum absolute atomic E-state index is 12.5. The van der Waals surface area contributed by atoms with E-state index in [1.54, 1.807) is 0 Å². The Morgan fingerprint density at radius 2 is 2.09 bits per heavy atom. The third-order valence-electron chi connectivity index (χ3n) is 3.45. The van der Waals surface area contributed by atoms with Crippen molar-refractivity contribution in [1.82, 2.24) is 10.3 Å². The maximum atomic E-state index is 12.5. The van der Waals surface area contributed by atoms with Crippen LogP contribution in [0.5, 0.6) is 0 Å². The number of H-pyrrole nitrogens is 1. The van der Waals surface area contributed by atoms with Gasteiger partial charge in [0.05, 0.1) is 11.1 Å². The number of benzene rings is 1. The standard InChI is InChI=1S/C16H20BrN3O2.ClH/c1-9(2)6-10(8-18)19-16(22)12-7-14(21)20-15-11(12)4-3-5-13(15)17;/h3-5,7,9-10H,6,8,18H2,1-2H3,(H,19,22)(H,20,21);1H. The molecule has 1 aromatic heterocycles. The largest absolute Gasteiger partial charge is 0.348 e. The predicted molar refractivity (Wildman–Crippen MR) is 99.3 cm³/mol. The fourth-order valence-corrected chi connectivity index (χ4v) is 2.94. The number of aromatic amines is 1. The highest BCUT2D eigenvalue weighted by Gasteiger charge is 2.17. The number of hydrogen-bond acceptors (Lipinski definition) is 3. The fourth-order valence-electron chi connectivity index (χ4n) is 2.48. The topological polar surface area (TPSA) is 88.0 Å². The highest BCUT2D eigenvalue weighted by Crippen LogP contribution is 2.23. The van der Waals surface area contributed by atoms with Crippen molar-refractivity contribution in [3.63, 3.8) is 0 Å². The number of fused-ring (bicyclic) bond motifs is 1. The van der Waals surface area contributed by atoms with Crippen LogP contribution >= 0.6 is 28.3 Å². The summed E-state index contributed by atoms with van der Waals surface area (Å²) in [6.07, 6.45) is 0.799. The molecule has 0 aliphatic carbocycles. The minimum Gasteiger partial charge on any atom is -0.348 e. The van der Waals surface area contributed by atoms with Crippen LogP contribution in [0.4, 0.5) is 0 Å². The Bertz CT molecular complexity index is 746. The summed E-state index contributed by atoms with van der Waals surface area (Å²) in [4.78, 5) is 27.1. The van der Waals surface area contributed by atoms with E-state index >= 15 is 0 Å². The quantitative estimate of drug-likeness (QED) is 0.718. The lowest BCUT2D eigenvalue weighted by Crippen LogP contribution is -2.41. The van der Waals surface area contributed by atoms with Crippen LogP contribution in [-0.4, -0.2) is 23.5 Å². The van der Waals surface area contributed by atoms with Gasteiger partial charge in [0.1, 0.15) is 0 Å². The van der Waals surface area contributed by atoms with Gasteiger partial charge in [0.15, 0.2) is 0 Å². The molecule has 0 radical (unpaired) electrons. The summed E-state index contributed by atoms with van der Waals surface area (Å²) in [6.45, 7) is 4.53. The summed E-state index contributed by atoms with van der Waals surface area (Å²) in [5, 5.41) is 3.62. The van der Waals surface area contributed by atoms with Crippen molar-refractivity contribution >= 4 is 45.1 Å². The molecule has 0 bridgehead atoms. The van der Waals surface area contributed by atoms with Gasteiger partial charge in [0, 0.05) is 28.5 Å². The molecule has 0 saturated carbocycles. The second-order valence-corrected chi connectivity index (χ2v) is 6.60. The summed E-state index contributed by atoms with van der Waals surface area (Å²) >= 11 is 3.39. The van der Waals surface area contributed by atoms with Crippen LogP contribution in [0.3, 0.4) is 0 Å². The van der Waals surface area contributed by atoms with Gasteiger partial charge in [-0.3, -0.25) is 9.59 Å². The highest BCUT2D eigenvalue weighted by atomic mass is 79.9. The highest BCUT2D eigenvalue weighted by molar-refractivity contribution is 9.10. The number of hydrogen-bond donors (Lipinski definition) is 3. The van der Waals surface area contributed by atoms with E-state index in [2.05, 4.69) is 40.1 Å². The van der Waals surface area contributed by atoms with Crippen LogP contribution < -0.4 is 16.6 Å². The molecule has 2 rings (SSSR count). The SMILES string of the molecule is CC(C)CC(CN)NC(=O)c1cc(=O)[nH]c2c(Br)cccc12.Cl. The van der Waals surface area contributed by atoms with Gasteiger partial charge >= 0.3 is 0 Å². The number of carbonyl (C=O) groups excluding carboxylic acids is 1. The van der Waals surface area contributed by atoms with Gasteiger partial charge < -0.3 is 16.0 Å². The molecule has 2 aromatic rings. The summed E-state index contributed by atoms with van der Waals surface area (Å²) in [5.41, 5.74) is 6.40. The Hall–Kier alpha value is -1.37. The zero-order valence-corrected chi connectivity index (χ0v) is 15.5. The van der Waals surface area contributed by atoms with Gasteiger partial charge in [0.25, 0.3) is 5.91 Å². The van der Waals surface area contributed by atoms with E-state index in [9.17, 15) is 9.59 Å². The molecular formula is C16H21BrClN3O2. The van der Waals surface area contributed by atoms with Gasteiger partial charge in [-0.1, -0.05) is 26.0 Å².